The highest BCUT2D eigenvalue weighted by atomic mass is 16.5. The van der Waals surface area contributed by atoms with Crippen molar-refractivity contribution in [1.29, 1.82) is 0 Å². The first-order chi connectivity index (χ1) is 17.4. The number of carbonyl (C=O) groups is 1. The monoisotopic (exact) mass is 485 g/mol. The third-order valence-electron chi connectivity index (χ3n) is 7.60. The van der Waals surface area contributed by atoms with E-state index in [9.17, 15) is 4.79 Å². The van der Waals surface area contributed by atoms with Gasteiger partial charge in [-0.1, -0.05) is 0 Å². The molecule has 9 heteroatoms. The average Bonchev–Trinajstić information content (AvgIpc) is 2.85. The Morgan fingerprint density at radius 1 is 1.14 bits per heavy atom. The number of rotatable bonds is 5. The van der Waals surface area contributed by atoms with Crippen LogP contribution >= 0.6 is 0 Å². The molecule has 1 amide bonds. The summed E-state index contributed by atoms with van der Waals surface area (Å²) in [5.41, 5.74) is 4.70. The minimum absolute atomic E-state index is 0.0733. The summed E-state index contributed by atoms with van der Waals surface area (Å²) in [6.45, 7) is 8.02. The van der Waals surface area contributed by atoms with Gasteiger partial charge in [0, 0.05) is 67.4 Å². The molecule has 0 aliphatic carbocycles. The molecule has 0 bridgehead atoms. The summed E-state index contributed by atoms with van der Waals surface area (Å²) in [4.78, 5) is 35.3. The molecule has 0 radical (unpaired) electrons. The average molecular weight is 486 g/mol. The van der Waals surface area contributed by atoms with Gasteiger partial charge in [0.1, 0.15) is 11.6 Å². The van der Waals surface area contributed by atoms with E-state index in [1.54, 1.807) is 13.1 Å². The number of nitrogens with zero attached hydrogens (tertiary/aromatic N) is 6. The van der Waals surface area contributed by atoms with Gasteiger partial charge in [-0.15, -0.1) is 0 Å². The maximum Gasteiger partial charge on any atom is 0.219 e. The van der Waals surface area contributed by atoms with E-state index in [1.807, 2.05) is 42.4 Å². The summed E-state index contributed by atoms with van der Waals surface area (Å²) >= 11 is 0. The van der Waals surface area contributed by atoms with E-state index in [-0.39, 0.29) is 17.9 Å². The minimum atomic E-state index is 0.0733. The van der Waals surface area contributed by atoms with E-state index in [4.69, 9.17) is 14.7 Å². The zero-order valence-electron chi connectivity index (χ0n) is 20.9. The number of fused-ring (bicyclic) bond motifs is 1. The molecule has 3 aliphatic heterocycles. The molecule has 9 nitrogen and oxygen atoms in total. The molecule has 0 spiro atoms. The molecular weight excluding hydrogens is 454 g/mol. The fourth-order valence-electron chi connectivity index (χ4n) is 5.38. The SMILES string of the molecule is CC(=O)N1C[C@H](c2nc(Nc3ccnc(C)c3)cc(-c3cncc(N4C[C@H]5OCC54)c3)n2)CC[C@@H]1C. The molecule has 1 unspecified atom stereocenters. The van der Waals surface area contributed by atoms with Crippen molar-refractivity contribution in [2.45, 2.75) is 57.7 Å². The topological polar surface area (TPSA) is 96.4 Å². The molecule has 4 atom stereocenters. The number of pyridine rings is 2. The fourth-order valence-corrected chi connectivity index (χ4v) is 5.38. The Bertz CT molecular complexity index is 1300. The van der Waals surface area contributed by atoms with Crippen molar-refractivity contribution in [2.75, 3.05) is 29.9 Å². The largest absolute Gasteiger partial charge is 0.372 e. The van der Waals surface area contributed by atoms with Gasteiger partial charge in [0.05, 0.1) is 36.3 Å². The van der Waals surface area contributed by atoms with Crippen molar-refractivity contribution in [3.05, 3.63) is 54.4 Å². The van der Waals surface area contributed by atoms with Gasteiger partial charge < -0.3 is 19.9 Å². The third-order valence-corrected chi connectivity index (χ3v) is 7.60. The van der Waals surface area contributed by atoms with Crippen molar-refractivity contribution in [1.82, 2.24) is 24.8 Å². The quantitative estimate of drug-likeness (QED) is 0.585. The van der Waals surface area contributed by atoms with Crippen molar-refractivity contribution in [3.8, 4) is 11.3 Å². The van der Waals surface area contributed by atoms with E-state index in [2.05, 4.69) is 33.2 Å². The van der Waals surface area contributed by atoms with Gasteiger partial charge in [-0.2, -0.15) is 0 Å². The van der Waals surface area contributed by atoms with E-state index in [0.29, 0.717) is 18.7 Å². The Balaban J connectivity index is 1.35. The van der Waals surface area contributed by atoms with Gasteiger partial charge >= 0.3 is 0 Å². The van der Waals surface area contributed by atoms with E-state index < -0.39 is 0 Å². The molecule has 186 valence electrons. The van der Waals surface area contributed by atoms with Crippen molar-refractivity contribution < 1.29 is 9.53 Å². The number of ether oxygens (including phenoxy) is 1. The number of hydrogen-bond donors (Lipinski definition) is 1. The minimum Gasteiger partial charge on any atom is -0.372 e. The second-order valence-corrected chi connectivity index (χ2v) is 10.1. The van der Waals surface area contributed by atoms with Gasteiger partial charge in [-0.3, -0.25) is 14.8 Å². The number of anilines is 3. The first kappa shape index (κ1) is 22.8. The summed E-state index contributed by atoms with van der Waals surface area (Å²) in [6.07, 6.45) is 7.78. The second-order valence-electron chi connectivity index (χ2n) is 10.1. The van der Waals surface area contributed by atoms with Crippen LogP contribution in [0.5, 0.6) is 0 Å². The normalized spacial score (nSPS) is 25.0. The Labute approximate surface area is 210 Å². The van der Waals surface area contributed by atoms with Crippen molar-refractivity contribution >= 4 is 23.1 Å². The lowest BCUT2D eigenvalue weighted by Gasteiger charge is -2.55. The number of aryl methyl sites for hydroxylation is 1. The van der Waals surface area contributed by atoms with Gasteiger partial charge in [-0.25, -0.2) is 9.97 Å². The number of hydrogen-bond acceptors (Lipinski definition) is 8. The maximum atomic E-state index is 12.2. The van der Waals surface area contributed by atoms with Crippen molar-refractivity contribution in [2.24, 2.45) is 0 Å². The van der Waals surface area contributed by atoms with E-state index in [1.165, 1.54) is 0 Å². The number of piperidine rings is 1. The first-order valence-corrected chi connectivity index (χ1v) is 12.6. The Hall–Kier alpha value is -3.59. The zero-order chi connectivity index (χ0) is 24.8. The first-order valence-electron chi connectivity index (χ1n) is 12.6. The maximum absolute atomic E-state index is 12.2. The molecule has 3 aromatic rings. The number of aromatic nitrogens is 4. The molecule has 3 saturated heterocycles. The zero-order valence-corrected chi connectivity index (χ0v) is 20.9. The van der Waals surface area contributed by atoms with Crippen LogP contribution in [0.1, 0.15) is 44.1 Å². The highest BCUT2D eigenvalue weighted by Crippen LogP contribution is 2.37. The molecule has 6 heterocycles. The number of nitrogens with one attached hydrogen (secondary N) is 1. The number of morpholine rings is 1. The summed E-state index contributed by atoms with van der Waals surface area (Å²) in [6, 6.07) is 8.73. The number of amides is 1. The molecular formula is C27H31N7O2. The van der Waals surface area contributed by atoms with E-state index in [0.717, 1.165) is 66.0 Å². The van der Waals surface area contributed by atoms with Crippen molar-refractivity contribution in [3.63, 3.8) is 0 Å². The molecule has 3 aliphatic rings. The van der Waals surface area contributed by atoms with Crippen LogP contribution in [0.4, 0.5) is 17.2 Å². The highest BCUT2D eigenvalue weighted by Gasteiger charge is 2.47. The Morgan fingerprint density at radius 2 is 2.03 bits per heavy atom. The van der Waals surface area contributed by atoms with Crippen LogP contribution in [0.15, 0.2) is 42.9 Å². The molecule has 6 rings (SSSR count). The van der Waals surface area contributed by atoms with Crippen LogP contribution < -0.4 is 10.2 Å². The Morgan fingerprint density at radius 3 is 2.75 bits per heavy atom. The van der Waals surface area contributed by atoms with Gasteiger partial charge in [-0.05, 0) is 44.9 Å². The Kier molecular flexibility index (Phi) is 5.79. The fraction of sp³-hybridized carbons (Fsp3) is 0.444. The van der Waals surface area contributed by atoms with Crippen LogP contribution in [-0.4, -0.2) is 68.6 Å². The lowest BCUT2D eigenvalue weighted by Crippen LogP contribution is -2.70. The lowest BCUT2D eigenvalue weighted by molar-refractivity contribution is -0.132. The highest BCUT2D eigenvalue weighted by molar-refractivity contribution is 5.74. The van der Waals surface area contributed by atoms with Crippen LogP contribution in [0, 0.1) is 6.92 Å². The van der Waals surface area contributed by atoms with Crippen LogP contribution in [0.25, 0.3) is 11.3 Å². The summed E-state index contributed by atoms with van der Waals surface area (Å²) in [5.74, 6) is 1.64. The summed E-state index contributed by atoms with van der Waals surface area (Å²) in [7, 11) is 0. The van der Waals surface area contributed by atoms with Crippen LogP contribution in [-0.2, 0) is 9.53 Å². The lowest BCUT2D eigenvalue weighted by atomic mass is 9.92. The third kappa shape index (κ3) is 4.28. The summed E-state index contributed by atoms with van der Waals surface area (Å²) in [5, 5.41) is 3.44. The second kappa shape index (κ2) is 9.13. The predicted molar refractivity (Wildman–Crippen MR) is 137 cm³/mol. The predicted octanol–water partition coefficient (Wildman–Crippen LogP) is 3.69. The van der Waals surface area contributed by atoms with Crippen LogP contribution in [0.2, 0.25) is 0 Å². The van der Waals surface area contributed by atoms with Crippen LogP contribution in [0.3, 0.4) is 0 Å². The molecule has 3 fully saturated rings. The van der Waals surface area contributed by atoms with Gasteiger partial charge in [0.25, 0.3) is 0 Å². The van der Waals surface area contributed by atoms with Gasteiger partial charge in [0.15, 0.2) is 0 Å². The standard InChI is InChI=1S/C27H31N7O2/c1-16-8-21(6-7-29-16)30-26-10-23(20-9-22(12-28-11-20)34-14-25-24(34)15-36-25)31-27(32-26)19-5-4-17(2)33(13-19)18(3)35/h6-12,17,19,24-25H,4-5,13-15H2,1-3H3,(H,29,30,31,32)/t17-,19+,24?,25+/m0/s1. The molecule has 0 saturated carbocycles. The molecule has 36 heavy (non-hydrogen) atoms. The van der Waals surface area contributed by atoms with E-state index >= 15 is 0 Å². The number of likely N-dealkylation sites (tertiary alicyclic amines) is 1. The summed E-state index contributed by atoms with van der Waals surface area (Å²) < 4.78 is 5.57. The number of carbonyl (C=O) groups excluding carboxylic acids is 1. The molecule has 1 N–H and O–H groups in total. The molecule has 3 aromatic heterocycles. The van der Waals surface area contributed by atoms with Gasteiger partial charge in [0.2, 0.25) is 5.91 Å². The molecule has 0 aromatic carbocycles. The smallest absolute Gasteiger partial charge is 0.219 e.